The van der Waals surface area contributed by atoms with Crippen LogP contribution in [0.3, 0.4) is 0 Å². The fraction of sp³-hybridized carbons (Fsp3) is 0.167. The second-order valence-electron chi connectivity index (χ2n) is 19.2. The Morgan fingerprint density at radius 3 is 1.82 bits per heavy atom. The van der Waals surface area contributed by atoms with Crippen molar-refractivity contribution in [3.05, 3.63) is 235 Å². The molecule has 2 aromatic heterocycles. The van der Waals surface area contributed by atoms with E-state index in [1.54, 1.807) is 0 Å². The van der Waals surface area contributed by atoms with E-state index in [2.05, 4.69) is 240 Å². The van der Waals surface area contributed by atoms with E-state index in [4.69, 9.17) is 9.72 Å². The molecule has 0 spiro atoms. The number of ether oxygens (including phenoxy) is 1. The summed E-state index contributed by atoms with van der Waals surface area (Å²) in [6, 6.07) is 67.4. The van der Waals surface area contributed by atoms with Crippen LogP contribution in [-0.4, -0.2) is 9.55 Å². The SMILES string of the molecule is CC(C)(C)c1cc(-c2ccccc2)cc(N2C=CN(c3[c-]c(Oc4[c-]c5c(cc4)c4cc(C(C)(C)c6ccccc6)ccc4n5-c4cc(C(C)(C)c5ccccc5)ccn4)ccc3)[CH-]2)c1.[Pt]. The Balaban J connectivity index is 0.00000548. The number of aromatic nitrogens is 2. The molecule has 0 aliphatic carbocycles. The summed E-state index contributed by atoms with van der Waals surface area (Å²) in [4.78, 5) is 9.26. The Labute approximate surface area is 404 Å². The van der Waals surface area contributed by atoms with Gasteiger partial charge in [0.05, 0.1) is 0 Å². The molecule has 3 heterocycles. The summed E-state index contributed by atoms with van der Waals surface area (Å²) in [5, 5.41) is 2.21. The van der Waals surface area contributed by atoms with Crippen LogP contribution in [0.15, 0.2) is 188 Å². The zero-order chi connectivity index (χ0) is 44.9. The van der Waals surface area contributed by atoms with E-state index in [9.17, 15) is 0 Å². The topological polar surface area (TPSA) is 33.5 Å². The minimum absolute atomic E-state index is 0. The molecule has 0 amide bonds. The van der Waals surface area contributed by atoms with Gasteiger partial charge >= 0.3 is 0 Å². The van der Waals surface area contributed by atoms with Crippen LogP contribution in [0.2, 0.25) is 0 Å². The van der Waals surface area contributed by atoms with Gasteiger partial charge in [-0.3, -0.25) is 0 Å². The molecule has 0 unspecified atom stereocenters. The third-order valence-electron chi connectivity index (χ3n) is 13.1. The Morgan fingerprint density at radius 2 is 1.14 bits per heavy atom. The molecule has 1 aliphatic heterocycles. The first kappa shape index (κ1) is 44.5. The fourth-order valence-electron chi connectivity index (χ4n) is 8.99. The van der Waals surface area contributed by atoms with Gasteiger partial charge in [0.2, 0.25) is 0 Å². The van der Waals surface area contributed by atoms with Crippen molar-refractivity contribution < 1.29 is 25.8 Å². The Morgan fingerprint density at radius 1 is 0.500 bits per heavy atom. The van der Waals surface area contributed by atoms with Crippen LogP contribution in [0.4, 0.5) is 11.4 Å². The molecule has 0 radical (unpaired) electrons. The van der Waals surface area contributed by atoms with E-state index < -0.39 is 0 Å². The van der Waals surface area contributed by atoms with Gasteiger partial charge in [-0.1, -0.05) is 163 Å². The third kappa shape index (κ3) is 8.49. The quantitative estimate of drug-likeness (QED) is 0.128. The molecule has 0 atom stereocenters. The molecule has 10 rings (SSSR count). The van der Waals surface area contributed by atoms with E-state index in [1.807, 2.05) is 30.5 Å². The molecule has 7 aromatic carbocycles. The number of benzene rings is 7. The van der Waals surface area contributed by atoms with Gasteiger partial charge in [-0.2, -0.15) is 12.1 Å². The Bertz CT molecular complexity index is 3200. The molecule has 6 heteroatoms. The van der Waals surface area contributed by atoms with E-state index in [0.717, 1.165) is 39.0 Å². The average Bonchev–Trinajstić information content (AvgIpc) is 3.96. The van der Waals surface area contributed by atoms with Crippen LogP contribution in [-0.2, 0) is 37.3 Å². The van der Waals surface area contributed by atoms with Crippen molar-refractivity contribution in [1.29, 1.82) is 0 Å². The van der Waals surface area contributed by atoms with Gasteiger partial charge in [-0.15, -0.1) is 48.1 Å². The standard InChI is InChI=1S/C60H53N4O.Pt/c1-58(2,3)48-34-43(42-18-11-8-12-19-42)35-50(36-48)63-33-32-62(41-63)49-24-17-25-51(39-49)65-52-27-28-53-54-37-46(59(4,5)44-20-13-9-14-21-44)26-29-55(54)64(56(53)40-52)57-38-47(30-31-61-57)60(6,7)45-22-15-10-16-23-45;/h8-38,41H,1-7H3;/q-3;. The van der Waals surface area contributed by atoms with Crippen LogP contribution in [0, 0.1) is 18.8 Å². The van der Waals surface area contributed by atoms with Gasteiger partial charge in [-0.05, 0) is 92.5 Å². The number of fused-ring (bicyclic) bond motifs is 3. The summed E-state index contributed by atoms with van der Waals surface area (Å²) in [5.41, 5.74) is 12.0. The smallest absolute Gasteiger partial charge is 0.135 e. The maximum Gasteiger partial charge on any atom is 0.135 e. The van der Waals surface area contributed by atoms with Crippen LogP contribution in [0.1, 0.15) is 76.3 Å². The van der Waals surface area contributed by atoms with E-state index in [1.165, 1.54) is 38.9 Å². The van der Waals surface area contributed by atoms with Crippen molar-refractivity contribution in [1.82, 2.24) is 9.55 Å². The molecule has 0 saturated carbocycles. The number of hydrogen-bond acceptors (Lipinski definition) is 4. The minimum atomic E-state index is -0.246. The number of pyridine rings is 1. The predicted octanol–water partition coefficient (Wildman–Crippen LogP) is 15.1. The van der Waals surface area contributed by atoms with Crippen LogP contribution < -0.4 is 14.5 Å². The van der Waals surface area contributed by atoms with Crippen molar-refractivity contribution in [3.8, 4) is 28.4 Å². The van der Waals surface area contributed by atoms with Crippen molar-refractivity contribution in [2.45, 2.75) is 64.7 Å². The molecule has 0 bridgehead atoms. The summed E-state index contributed by atoms with van der Waals surface area (Å²) in [7, 11) is 0. The van der Waals surface area contributed by atoms with Crippen molar-refractivity contribution in [2.75, 3.05) is 9.80 Å². The first-order valence-electron chi connectivity index (χ1n) is 22.4. The van der Waals surface area contributed by atoms with Gasteiger partial charge in [0.1, 0.15) is 5.82 Å². The molecule has 5 nitrogen and oxygen atoms in total. The van der Waals surface area contributed by atoms with E-state index in [0.29, 0.717) is 11.5 Å². The number of hydrogen-bond donors (Lipinski definition) is 0. The van der Waals surface area contributed by atoms with Crippen molar-refractivity contribution >= 4 is 33.2 Å². The van der Waals surface area contributed by atoms with Gasteiger partial charge < -0.3 is 19.1 Å². The normalized spacial score (nSPS) is 13.1. The first-order chi connectivity index (χ1) is 31.3. The fourth-order valence-corrected chi connectivity index (χ4v) is 8.99. The second kappa shape index (κ2) is 17.6. The monoisotopic (exact) mass is 1040 g/mol. The summed E-state index contributed by atoms with van der Waals surface area (Å²) in [5.74, 6) is 2.02. The van der Waals surface area contributed by atoms with Crippen molar-refractivity contribution in [3.63, 3.8) is 0 Å². The van der Waals surface area contributed by atoms with E-state index >= 15 is 0 Å². The van der Waals surface area contributed by atoms with E-state index in [-0.39, 0.29) is 37.3 Å². The maximum absolute atomic E-state index is 6.65. The van der Waals surface area contributed by atoms with Crippen molar-refractivity contribution in [2.24, 2.45) is 0 Å². The maximum atomic E-state index is 6.65. The number of rotatable bonds is 10. The van der Waals surface area contributed by atoms with Crippen LogP contribution in [0.25, 0.3) is 38.8 Å². The summed E-state index contributed by atoms with van der Waals surface area (Å²) in [6.07, 6.45) is 6.08. The summed E-state index contributed by atoms with van der Waals surface area (Å²) < 4.78 is 8.89. The molecule has 9 aromatic rings. The molecular weight excluding hydrogens is 988 g/mol. The molecule has 0 saturated heterocycles. The Kier molecular flexibility index (Phi) is 11.9. The van der Waals surface area contributed by atoms with Gasteiger partial charge in [0, 0.05) is 60.8 Å². The van der Waals surface area contributed by atoms with Gasteiger partial charge in [0.25, 0.3) is 0 Å². The molecule has 66 heavy (non-hydrogen) atoms. The zero-order valence-electron chi connectivity index (χ0n) is 38.5. The minimum Gasteiger partial charge on any atom is -0.509 e. The molecule has 0 fully saturated rings. The Hall–Kier alpha value is -6.68. The van der Waals surface area contributed by atoms with Crippen LogP contribution >= 0.6 is 0 Å². The average molecular weight is 1040 g/mol. The van der Waals surface area contributed by atoms with Crippen LogP contribution in [0.5, 0.6) is 11.5 Å². The second-order valence-corrected chi connectivity index (χ2v) is 19.2. The predicted molar refractivity (Wildman–Crippen MR) is 269 cm³/mol. The largest absolute Gasteiger partial charge is 0.509 e. The third-order valence-corrected chi connectivity index (χ3v) is 13.1. The number of nitrogens with zero attached hydrogens (tertiary/aromatic N) is 4. The summed E-state index contributed by atoms with van der Waals surface area (Å²) >= 11 is 0. The molecule has 0 N–H and O–H groups in total. The first-order valence-corrected chi connectivity index (χ1v) is 22.4. The van der Waals surface area contributed by atoms with Gasteiger partial charge in [-0.25, -0.2) is 4.98 Å². The van der Waals surface area contributed by atoms with Gasteiger partial charge in [0.15, 0.2) is 0 Å². The number of anilines is 2. The zero-order valence-corrected chi connectivity index (χ0v) is 40.8. The summed E-state index contributed by atoms with van der Waals surface area (Å²) in [6.45, 7) is 18.0. The molecule has 332 valence electrons. The molecular formula is C60H53N4OPt-3. The molecule has 1 aliphatic rings.